The number of carbonyl (C=O) groups is 1. The fourth-order valence-electron chi connectivity index (χ4n) is 2.88. The van der Waals surface area contributed by atoms with Crippen molar-refractivity contribution in [3.05, 3.63) is 0 Å². The highest BCUT2D eigenvalue weighted by Crippen LogP contribution is 2.27. The van der Waals surface area contributed by atoms with Crippen molar-refractivity contribution < 1.29 is 4.79 Å². The zero-order chi connectivity index (χ0) is 13.4. The number of carbonyl (C=O) groups excluding carboxylic acids is 1. The van der Waals surface area contributed by atoms with Gasteiger partial charge in [-0.25, -0.2) is 0 Å². The van der Waals surface area contributed by atoms with Crippen LogP contribution < -0.4 is 5.73 Å². The molecular formula is C15H30N2O. The highest BCUT2D eigenvalue weighted by Gasteiger charge is 2.19. The Kier molecular flexibility index (Phi) is 7.33. The van der Waals surface area contributed by atoms with Crippen molar-refractivity contribution >= 4 is 5.91 Å². The number of hydrogen-bond donors (Lipinski definition) is 1. The van der Waals surface area contributed by atoms with Crippen LogP contribution in [0.3, 0.4) is 0 Å². The van der Waals surface area contributed by atoms with E-state index in [1.807, 2.05) is 4.90 Å². The third kappa shape index (κ3) is 5.38. The highest BCUT2D eigenvalue weighted by molar-refractivity contribution is 5.76. The van der Waals surface area contributed by atoms with E-state index < -0.39 is 0 Å². The molecule has 1 aliphatic rings. The van der Waals surface area contributed by atoms with Gasteiger partial charge in [0.05, 0.1) is 0 Å². The van der Waals surface area contributed by atoms with E-state index in [2.05, 4.69) is 13.8 Å². The first-order chi connectivity index (χ1) is 8.65. The largest absolute Gasteiger partial charge is 0.340 e. The minimum Gasteiger partial charge on any atom is -0.340 e. The van der Waals surface area contributed by atoms with E-state index in [9.17, 15) is 4.79 Å². The predicted octanol–water partition coefficient (Wildman–Crippen LogP) is 2.93. The molecule has 0 aliphatic heterocycles. The van der Waals surface area contributed by atoms with E-state index >= 15 is 0 Å². The monoisotopic (exact) mass is 254 g/mol. The predicted molar refractivity (Wildman–Crippen MR) is 76.3 cm³/mol. The van der Waals surface area contributed by atoms with Gasteiger partial charge < -0.3 is 10.6 Å². The van der Waals surface area contributed by atoms with Crippen molar-refractivity contribution in [2.45, 2.75) is 71.3 Å². The molecule has 1 amide bonds. The molecule has 3 heteroatoms. The first-order valence-electron chi connectivity index (χ1n) is 7.64. The summed E-state index contributed by atoms with van der Waals surface area (Å²) in [6, 6.07) is 0.301. The Morgan fingerprint density at radius 1 is 1.28 bits per heavy atom. The summed E-state index contributed by atoms with van der Waals surface area (Å²) in [6.45, 7) is 5.67. The van der Waals surface area contributed by atoms with Gasteiger partial charge in [-0.15, -0.1) is 0 Å². The number of nitrogens with zero attached hydrogens (tertiary/aromatic N) is 1. The van der Waals surface area contributed by atoms with Crippen LogP contribution >= 0.6 is 0 Å². The molecule has 0 saturated heterocycles. The highest BCUT2D eigenvalue weighted by atomic mass is 16.2. The Labute approximate surface area is 112 Å². The van der Waals surface area contributed by atoms with Crippen LogP contribution in [0.25, 0.3) is 0 Å². The molecule has 1 aliphatic carbocycles. The lowest BCUT2D eigenvalue weighted by atomic mass is 9.86. The Morgan fingerprint density at radius 3 is 2.50 bits per heavy atom. The molecule has 1 rings (SSSR count). The third-order valence-corrected chi connectivity index (χ3v) is 4.04. The van der Waals surface area contributed by atoms with Crippen LogP contribution in [0.2, 0.25) is 0 Å². The number of rotatable bonds is 7. The molecule has 106 valence electrons. The molecule has 0 atom stereocenters. The van der Waals surface area contributed by atoms with Gasteiger partial charge in [-0.1, -0.05) is 32.1 Å². The zero-order valence-corrected chi connectivity index (χ0v) is 12.2. The molecule has 0 radical (unpaired) electrons. The minimum atomic E-state index is 0.301. The molecule has 0 spiro atoms. The van der Waals surface area contributed by atoms with Gasteiger partial charge in [-0.05, 0) is 39.2 Å². The van der Waals surface area contributed by atoms with Crippen molar-refractivity contribution in [1.29, 1.82) is 0 Å². The van der Waals surface area contributed by atoms with E-state index in [-0.39, 0.29) is 0 Å². The van der Waals surface area contributed by atoms with Gasteiger partial charge >= 0.3 is 0 Å². The van der Waals surface area contributed by atoms with E-state index in [1.165, 1.54) is 32.1 Å². The van der Waals surface area contributed by atoms with Crippen molar-refractivity contribution in [3.63, 3.8) is 0 Å². The normalized spacial score (nSPS) is 17.1. The van der Waals surface area contributed by atoms with Gasteiger partial charge in [0.1, 0.15) is 0 Å². The van der Waals surface area contributed by atoms with Gasteiger partial charge in [0.25, 0.3) is 0 Å². The van der Waals surface area contributed by atoms with Gasteiger partial charge in [0, 0.05) is 19.0 Å². The van der Waals surface area contributed by atoms with Crippen molar-refractivity contribution in [1.82, 2.24) is 4.90 Å². The SMILES string of the molecule is CC(C)N(CCCN)C(=O)CCC1CCCCC1. The minimum absolute atomic E-state index is 0.301. The Bertz CT molecular complexity index is 235. The fourth-order valence-corrected chi connectivity index (χ4v) is 2.88. The number of amides is 1. The lowest BCUT2D eigenvalue weighted by molar-refractivity contribution is -0.133. The third-order valence-electron chi connectivity index (χ3n) is 4.04. The molecule has 0 aromatic carbocycles. The summed E-state index contributed by atoms with van der Waals surface area (Å²) in [4.78, 5) is 14.2. The second-order valence-electron chi connectivity index (χ2n) is 5.87. The lowest BCUT2D eigenvalue weighted by Crippen LogP contribution is -2.38. The quantitative estimate of drug-likeness (QED) is 0.759. The standard InChI is InChI=1S/C15H30N2O/c1-13(2)17(12-6-11-16)15(18)10-9-14-7-4-3-5-8-14/h13-14H,3-12,16H2,1-2H3. The van der Waals surface area contributed by atoms with Gasteiger partial charge in [0.2, 0.25) is 5.91 Å². The average molecular weight is 254 g/mol. The first kappa shape index (κ1) is 15.5. The zero-order valence-electron chi connectivity index (χ0n) is 12.2. The molecular weight excluding hydrogens is 224 g/mol. The van der Waals surface area contributed by atoms with Crippen molar-refractivity contribution in [2.24, 2.45) is 11.7 Å². The summed E-state index contributed by atoms with van der Waals surface area (Å²) in [5.74, 6) is 1.12. The van der Waals surface area contributed by atoms with Crippen LogP contribution in [0.5, 0.6) is 0 Å². The van der Waals surface area contributed by atoms with E-state index in [0.717, 1.165) is 31.7 Å². The molecule has 1 saturated carbocycles. The van der Waals surface area contributed by atoms with Crippen molar-refractivity contribution in [2.75, 3.05) is 13.1 Å². The number of nitrogens with two attached hydrogens (primary N) is 1. The van der Waals surface area contributed by atoms with E-state index in [1.54, 1.807) is 0 Å². The Morgan fingerprint density at radius 2 is 1.94 bits per heavy atom. The van der Waals surface area contributed by atoms with Crippen LogP contribution in [-0.4, -0.2) is 29.9 Å². The molecule has 0 aromatic rings. The summed E-state index contributed by atoms with van der Waals surface area (Å²) in [5.41, 5.74) is 5.53. The molecule has 0 unspecified atom stereocenters. The maximum Gasteiger partial charge on any atom is 0.222 e. The summed E-state index contributed by atoms with van der Waals surface area (Å²) in [6.07, 6.45) is 9.50. The average Bonchev–Trinajstić information content (AvgIpc) is 2.37. The van der Waals surface area contributed by atoms with Gasteiger partial charge in [0.15, 0.2) is 0 Å². The molecule has 1 fully saturated rings. The van der Waals surface area contributed by atoms with Crippen LogP contribution in [0.1, 0.15) is 65.2 Å². The first-order valence-corrected chi connectivity index (χ1v) is 7.64. The van der Waals surface area contributed by atoms with Crippen molar-refractivity contribution in [3.8, 4) is 0 Å². The lowest BCUT2D eigenvalue weighted by Gasteiger charge is -2.28. The van der Waals surface area contributed by atoms with E-state index in [4.69, 9.17) is 5.73 Å². The molecule has 3 nitrogen and oxygen atoms in total. The summed E-state index contributed by atoms with van der Waals surface area (Å²) >= 11 is 0. The van der Waals surface area contributed by atoms with E-state index in [0.29, 0.717) is 18.5 Å². The molecule has 0 bridgehead atoms. The van der Waals surface area contributed by atoms with Crippen LogP contribution in [0.4, 0.5) is 0 Å². The Hall–Kier alpha value is -0.570. The topological polar surface area (TPSA) is 46.3 Å². The fraction of sp³-hybridized carbons (Fsp3) is 0.933. The summed E-state index contributed by atoms with van der Waals surface area (Å²) < 4.78 is 0. The molecule has 18 heavy (non-hydrogen) atoms. The van der Waals surface area contributed by atoms with Gasteiger partial charge in [-0.3, -0.25) is 4.79 Å². The smallest absolute Gasteiger partial charge is 0.222 e. The second-order valence-corrected chi connectivity index (χ2v) is 5.87. The summed E-state index contributed by atoms with van der Waals surface area (Å²) in [7, 11) is 0. The number of hydrogen-bond acceptors (Lipinski definition) is 2. The van der Waals surface area contributed by atoms with Crippen LogP contribution in [0, 0.1) is 5.92 Å². The molecule has 0 aromatic heterocycles. The molecule has 2 N–H and O–H groups in total. The van der Waals surface area contributed by atoms with Crippen LogP contribution in [-0.2, 0) is 4.79 Å². The second kappa shape index (κ2) is 8.52. The summed E-state index contributed by atoms with van der Waals surface area (Å²) in [5, 5.41) is 0. The van der Waals surface area contributed by atoms with Gasteiger partial charge in [-0.2, -0.15) is 0 Å². The molecule has 0 heterocycles. The maximum atomic E-state index is 12.2. The Balaban J connectivity index is 2.31. The van der Waals surface area contributed by atoms with Crippen LogP contribution in [0.15, 0.2) is 0 Å². The maximum absolute atomic E-state index is 12.2.